The fourth-order valence-corrected chi connectivity index (χ4v) is 4.56. The highest BCUT2D eigenvalue weighted by Gasteiger charge is 2.39. The zero-order valence-electron chi connectivity index (χ0n) is 16.6. The standard InChI is InChI=1S/C24H23FN4O/c25-22-11-15(13-26)1-9-21(22)16-2-4-17(5-3-16)24(30)29(19-6-7-19)20-8-10-23-18(12-20)14-27-28-23/h1-5,9,11,19-20,27-28H,6-8,10,12,14H2. The molecule has 0 saturated heterocycles. The lowest BCUT2D eigenvalue weighted by Gasteiger charge is -2.35. The summed E-state index contributed by atoms with van der Waals surface area (Å²) in [5, 5.41) is 8.91. The number of carbonyl (C=O) groups excluding carboxylic acids is 1. The molecule has 1 atom stereocenters. The van der Waals surface area contributed by atoms with Crippen LogP contribution in [0.2, 0.25) is 0 Å². The number of carbonyl (C=O) groups is 1. The van der Waals surface area contributed by atoms with Crippen LogP contribution in [-0.4, -0.2) is 29.4 Å². The number of nitrogens with zero attached hydrogens (tertiary/aromatic N) is 2. The van der Waals surface area contributed by atoms with Crippen molar-refractivity contribution in [1.29, 1.82) is 5.26 Å². The molecule has 1 amide bonds. The second kappa shape index (κ2) is 7.58. The Morgan fingerprint density at radius 2 is 1.90 bits per heavy atom. The summed E-state index contributed by atoms with van der Waals surface area (Å²) in [4.78, 5) is 15.5. The molecule has 1 heterocycles. The van der Waals surface area contributed by atoms with E-state index in [0.29, 0.717) is 28.3 Å². The molecule has 5 rings (SSSR count). The summed E-state index contributed by atoms with van der Waals surface area (Å²) in [6.07, 6.45) is 5.01. The van der Waals surface area contributed by atoms with Gasteiger partial charge in [-0.05, 0) is 67.5 Å². The van der Waals surface area contributed by atoms with E-state index in [1.54, 1.807) is 36.4 Å². The van der Waals surface area contributed by atoms with E-state index in [9.17, 15) is 9.18 Å². The van der Waals surface area contributed by atoms with Gasteiger partial charge in [0, 0.05) is 35.5 Å². The molecule has 3 aliphatic rings. The van der Waals surface area contributed by atoms with Gasteiger partial charge >= 0.3 is 0 Å². The number of rotatable bonds is 4. The van der Waals surface area contributed by atoms with Gasteiger partial charge in [0.2, 0.25) is 0 Å². The number of hydrogen-bond acceptors (Lipinski definition) is 4. The molecule has 2 aliphatic carbocycles. The van der Waals surface area contributed by atoms with Gasteiger partial charge in [0.1, 0.15) is 5.82 Å². The van der Waals surface area contributed by atoms with Gasteiger partial charge in [0.15, 0.2) is 0 Å². The van der Waals surface area contributed by atoms with Gasteiger partial charge in [-0.1, -0.05) is 18.2 Å². The number of halogens is 1. The first kappa shape index (κ1) is 18.8. The maximum absolute atomic E-state index is 14.3. The zero-order valence-corrected chi connectivity index (χ0v) is 16.6. The van der Waals surface area contributed by atoms with E-state index in [1.807, 2.05) is 6.07 Å². The molecule has 30 heavy (non-hydrogen) atoms. The third kappa shape index (κ3) is 3.46. The average Bonchev–Trinajstić information content (AvgIpc) is 3.49. The summed E-state index contributed by atoms with van der Waals surface area (Å²) >= 11 is 0. The number of amides is 1. The molecular weight excluding hydrogens is 379 g/mol. The maximum atomic E-state index is 14.3. The summed E-state index contributed by atoms with van der Waals surface area (Å²) in [5.41, 5.74) is 11.2. The van der Waals surface area contributed by atoms with Crippen LogP contribution in [0.1, 0.15) is 48.0 Å². The number of nitrogens with one attached hydrogen (secondary N) is 2. The van der Waals surface area contributed by atoms with Gasteiger partial charge in [0.05, 0.1) is 11.6 Å². The molecule has 0 bridgehead atoms. The van der Waals surface area contributed by atoms with Crippen molar-refractivity contribution < 1.29 is 9.18 Å². The third-order valence-electron chi connectivity index (χ3n) is 6.29. The Balaban J connectivity index is 1.37. The highest BCUT2D eigenvalue weighted by atomic mass is 19.1. The number of nitriles is 1. The van der Waals surface area contributed by atoms with Crippen molar-refractivity contribution >= 4 is 5.91 Å². The Morgan fingerprint density at radius 1 is 1.10 bits per heavy atom. The molecule has 2 aromatic carbocycles. The smallest absolute Gasteiger partial charge is 0.254 e. The van der Waals surface area contributed by atoms with Crippen LogP contribution < -0.4 is 10.9 Å². The topological polar surface area (TPSA) is 68.2 Å². The van der Waals surface area contributed by atoms with Crippen molar-refractivity contribution in [3.05, 3.63) is 70.7 Å². The van der Waals surface area contributed by atoms with Crippen molar-refractivity contribution in [2.45, 2.75) is 44.2 Å². The fraction of sp³-hybridized carbons (Fsp3) is 0.333. The quantitative estimate of drug-likeness (QED) is 0.814. The molecule has 1 aliphatic heterocycles. The predicted octanol–water partition coefficient (Wildman–Crippen LogP) is 3.88. The van der Waals surface area contributed by atoms with E-state index < -0.39 is 5.82 Å². The molecule has 0 radical (unpaired) electrons. The van der Waals surface area contributed by atoms with Gasteiger partial charge in [-0.15, -0.1) is 0 Å². The van der Waals surface area contributed by atoms with Gasteiger partial charge in [-0.25, -0.2) is 9.82 Å². The van der Waals surface area contributed by atoms with Gasteiger partial charge in [-0.3, -0.25) is 4.79 Å². The number of hydrogen-bond donors (Lipinski definition) is 2. The number of allylic oxidation sites excluding steroid dienone is 1. The van der Waals surface area contributed by atoms with Crippen molar-refractivity contribution in [2.75, 3.05) is 6.54 Å². The number of hydrazine groups is 1. The van der Waals surface area contributed by atoms with Crippen LogP contribution in [0.3, 0.4) is 0 Å². The molecule has 1 fully saturated rings. The second-order valence-corrected chi connectivity index (χ2v) is 8.28. The summed E-state index contributed by atoms with van der Waals surface area (Å²) in [5.74, 6) is -0.366. The summed E-state index contributed by atoms with van der Waals surface area (Å²) < 4.78 is 14.3. The largest absolute Gasteiger partial charge is 0.332 e. The first-order valence-corrected chi connectivity index (χ1v) is 10.5. The maximum Gasteiger partial charge on any atom is 0.254 e. The normalized spacial score (nSPS) is 20.3. The first-order chi connectivity index (χ1) is 14.6. The first-order valence-electron chi connectivity index (χ1n) is 10.5. The molecule has 152 valence electrons. The van der Waals surface area contributed by atoms with Crippen molar-refractivity contribution in [3.8, 4) is 17.2 Å². The molecule has 2 N–H and O–H groups in total. The minimum atomic E-state index is -0.433. The van der Waals surface area contributed by atoms with E-state index in [0.717, 1.165) is 38.6 Å². The third-order valence-corrected chi connectivity index (χ3v) is 6.29. The Morgan fingerprint density at radius 3 is 2.60 bits per heavy atom. The average molecular weight is 402 g/mol. The van der Waals surface area contributed by atoms with Crippen LogP contribution >= 0.6 is 0 Å². The monoisotopic (exact) mass is 402 g/mol. The summed E-state index contributed by atoms with van der Waals surface area (Å²) in [6.45, 7) is 0.851. The summed E-state index contributed by atoms with van der Waals surface area (Å²) in [7, 11) is 0. The Kier molecular flexibility index (Phi) is 4.76. The van der Waals surface area contributed by atoms with Gasteiger partial charge < -0.3 is 10.3 Å². The lowest BCUT2D eigenvalue weighted by molar-refractivity contribution is 0.0643. The van der Waals surface area contributed by atoms with E-state index in [2.05, 4.69) is 15.8 Å². The van der Waals surface area contributed by atoms with Crippen molar-refractivity contribution in [2.24, 2.45) is 0 Å². The molecular formula is C24H23FN4O. The van der Waals surface area contributed by atoms with Gasteiger partial charge in [-0.2, -0.15) is 5.26 Å². The SMILES string of the molecule is N#Cc1ccc(-c2ccc(C(=O)N(C3CC3)C3CCC4=C(CNN4)C3)cc2)c(F)c1. The van der Waals surface area contributed by atoms with E-state index in [-0.39, 0.29) is 11.9 Å². The lowest BCUT2D eigenvalue weighted by Crippen LogP contribution is -2.43. The second-order valence-electron chi connectivity index (χ2n) is 8.28. The molecule has 5 nitrogen and oxygen atoms in total. The van der Waals surface area contributed by atoms with Crippen LogP contribution in [0, 0.1) is 17.1 Å². The van der Waals surface area contributed by atoms with Crippen LogP contribution in [0.25, 0.3) is 11.1 Å². The Hall–Kier alpha value is -3.17. The van der Waals surface area contributed by atoms with E-state index >= 15 is 0 Å². The van der Waals surface area contributed by atoms with E-state index in [4.69, 9.17) is 5.26 Å². The van der Waals surface area contributed by atoms with Gasteiger partial charge in [0.25, 0.3) is 5.91 Å². The Labute approximate surface area is 175 Å². The zero-order chi connectivity index (χ0) is 20.7. The summed E-state index contributed by atoms with van der Waals surface area (Å²) in [6, 6.07) is 14.1. The molecule has 6 heteroatoms. The van der Waals surface area contributed by atoms with Crippen LogP contribution in [0.5, 0.6) is 0 Å². The van der Waals surface area contributed by atoms with Crippen LogP contribution in [-0.2, 0) is 0 Å². The molecule has 0 spiro atoms. The predicted molar refractivity (Wildman–Crippen MR) is 112 cm³/mol. The Bertz CT molecular complexity index is 1070. The highest BCUT2D eigenvalue weighted by Crippen LogP contribution is 2.37. The van der Waals surface area contributed by atoms with Crippen LogP contribution in [0.4, 0.5) is 4.39 Å². The van der Waals surface area contributed by atoms with Crippen LogP contribution in [0.15, 0.2) is 53.7 Å². The molecule has 2 aromatic rings. The fourth-order valence-electron chi connectivity index (χ4n) is 4.56. The number of benzene rings is 2. The minimum Gasteiger partial charge on any atom is -0.332 e. The molecule has 0 aromatic heterocycles. The van der Waals surface area contributed by atoms with E-state index in [1.165, 1.54) is 17.3 Å². The molecule has 1 saturated carbocycles. The van der Waals surface area contributed by atoms with Crippen molar-refractivity contribution in [3.63, 3.8) is 0 Å². The lowest BCUT2D eigenvalue weighted by atomic mass is 9.91. The minimum absolute atomic E-state index is 0.0670. The highest BCUT2D eigenvalue weighted by molar-refractivity contribution is 5.95. The molecule has 1 unspecified atom stereocenters. The van der Waals surface area contributed by atoms with Crippen molar-refractivity contribution in [1.82, 2.24) is 15.8 Å².